The molecule has 0 radical (unpaired) electrons. The van der Waals surface area contributed by atoms with Crippen molar-refractivity contribution in [2.75, 3.05) is 6.79 Å². The lowest BCUT2D eigenvalue weighted by Crippen LogP contribution is -2.48. The highest BCUT2D eigenvalue weighted by atomic mass is 35.5. The summed E-state index contributed by atoms with van der Waals surface area (Å²) in [5, 5.41) is 0. The topological polar surface area (TPSA) is 35.5 Å². The van der Waals surface area contributed by atoms with Gasteiger partial charge >= 0.3 is 0 Å². The van der Waals surface area contributed by atoms with Crippen molar-refractivity contribution in [3.05, 3.63) is 23.8 Å². The van der Waals surface area contributed by atoms with E-state index in [9.17, 15) is 4.79 Å². The molecule has 0 N–H and O–H groups in total. The lowest BCUT2D eigenvalue weighted by molar-refractivity contribution is -0.128. The van der Waals surface area contributed by atoms with Gasteiger partial charge in [-0.2, -0.15) is 0 Å². The molecule has 1 fully saturated rings. The van der Waals surface area contributed by atoms with E-state index < -0.39 is 4.33 Å². The first-order chi connectivity index (χ1) is 8.07. The molecule has 1 heterocycles. The lowest BCUT2D eigenvalue weighted by Gasteiger charge is -2.37. The second-order valence-electron chi connectivity index (χ2n) is 4.34. The van der Waals surface area contributed by atoms with Gasteiger partial charge in [0.1, 0.15) is 0 Å². The van der Waals surface area contributed by atoms with Crippen LogP contribution in [0.5, 0.6) is 11.5 Å². The number of alkyl halides is 2. The number of benzene rings is 1. The summed E-state index contributed by atoms with van der Waals surface area (Å²) in [6.45, 7) is 0.260. The zero-order chi connectivity index (χ0) is 12.0. The van der Waals surface area contributed by atoms with Crippen LogP contribution in [0.2, 0.25) is 0 Å². The van der Waals surface area contributed by atoms with Gasteiger partial charge < -0.3 is 9.47 Å². The molecule has 1 unspecified atom stereocenters. The largest absolute Gasteiger partial charge is 0.454 e. The third-order valence-electron chi connectivity index (χ3n) is 3.24. The van der Waals surface area contributed by atoms with Crippen molar-refractivity contribution in [3.8, 4) is 11.5 Å². The summed E-state index contributed by atoms with van der Waals surface area (Å²) in [5.41, 5.74) is 1.05. The van der Waals surface area contributed by atoms with Gasteiger partial charge in [0, 0.05) is 12.3 Å². The smallest absolute Gasteiger partial charge is 0.231 e. The number of fused-ring (bicyclic) bond motifs is 1. The van der Waals surface area contributed by atoms with Crippen LogP contribution in [0.4, 0.5) is 0 Å². The van der Waals surface area contributed by atoms with Crippen molar-refractivity contribution in [3.63, 3.8) is 0 Å². The predicted octanol–water partition coefficient (Wildman–Crippen LogP) is 2.72. The number of ketones is 1. The number of carbonyl (C=O) groups is 1. The molecule has 1 aromatic carbocycles. The molecule has 2 aliphatic rings. The standard InChI is InChI=1S/C12H10Cl2O3/c13-12(14)8(5-11(12)15)3-7-1-2-9-10(4-7)17-6-16-9/h1-2,4,8H,3,5-6H2. The highest BCUT2D eigenvalue weighted by Gasteiger charge is 2.52. The average Bonchev–Trinajstić information content (AvgIpc) is 2.76. The Morgan fingerprint density at radius 1 is 1.29 bits per heavy atom. The van der Waals surface area contributed by atoms with Gasteiger partial charge in [0.05, 0.1) is 0 Å². The van der Waals surface area contributed by atoms with Gasteiger partial charge in [-0.15, -0.1) is 0 Å². The first-order valence-electron chi connectivity index (χ1n) is 5.37. The minimum Gasteiger partial charge on any atom is -0.454 e. The van der Waals surface area contributed by atoms with Crippen LogP contribution in [0.25, 0.3) is 0 Å². The van der Waals surface area contributed by atoms with E-state index in [1.54, 1.807) is 0 Å². The monoisotopic (exact) mass is 272 g/mol. The molecule has 0 bridgehead atoms. The molecule has 1 aliphatic heterocycles. The van der Waals surface area contributed by atoms with E-state index in [4.69, 9.17) is 32.7 Å². The summed E-state index contributed by atoms with van der Waals surface area (Å²) in [4.78, 5) is 11.2. The number of Topliss-reactive ketones (excluding diaryl/α,β-unsaturated/α-hetero) is 1. The molecule has 0 aromatic heterocycles. The maximum absolute atomic E-state index is 11.2. The van der Waals surface area contributed by atoms with E-state index in [0.29, 0.717) is 12.8 Å². The molecule has 5 heteroatoms. The maximum Gasteiger partial charge on any atom is 0.231 e. The van der Waals surface area contributed by atoms with Crippen molar-refractivity contribution in [2.24, 2.45) is 5.92 Å². The Labute approximate surface area is 109 Å². The van der Waals surface area contributed by atoms with Crippen LogP contribution in [-0.4, -0.2) is 16.9 Å². The number of carbonyl (C=O) groups excluding carboxylic acids is 1. The highest BCUT2D eigenvalue weighted by Crippen LogP contribution is 2.46. The summed E-state index contributed by atoms with van der Waals surface area (Å²) in [6.07, 6.45) is 1.12. The third kappa shape index (κ3) is 1.78. The fourth-order valence-electron chi connectivity index (χ4n) is 2.14. The lowest BCUT2D eigenvalue weighted by atomic mass is 9.78. The number of ether oxygens (including phenoxy) is 2. The molecule has 1 atom stereocenters. The van der Waals surface area contributed by atoms with Crippen molar-refractivity contribution in [2.45, 2.75) is 17.2 Å². The maximum atomic E-state index is 11.2. The van der Waals surface area contributed by atoms with Crippen LogP contribution in [-0.2, 0) is 11.2 Å². The summed E-state index contributed by atoms with van der Waals surface area (Å²) in [7, 11) is 0. The fourth-order valence-corrected chi connectivity index (χ4v) is 2.60. The van der Waals surface area contributed by atoms with E-state index in [0.717, 1.165) is 17.1 Å². The normalized spacial score (nSPS) is 24.6. The minimum atomic E-state index is -1.21. The Morgan fingerprint density at radius 3 is 2.76 bits per heavy atom. The van der Waals surface area contributed by atoms with Crippen molar-refractivity contribution < 1.29 is 14.3 Å². The fraction of sp³-hybridized carbons (Fsp3) is 0.417. The van der Waals surface area contributed by atoms with Gasteiger partial charge in [-0.3, -0.25) is 4.79 Å². The van der Waals surface area contributed by atoms with Crippen LogP contribution in [0, 0.1) is 5.92 Å². The quantitative estimate of drug-likeness (QED) is 0.777. The summed E-state index contributed by atoms with van der Waals surface area (Å²) >= 11 is 11.9. The van der Waals surface area contributed by atoms with Gasteiger partial charge in [0.15, 0.2) is 21.6 Å². The first-order valence-corrected chi connectivity index (χ1v) is 6.12. The zero-order valence-corrected chi connectivity index (χ0v) is 10.4. The highest BCUT2D eigenvalue weighted by molar-refractivity contribution is 6.60. The van der Waals surface area contributed by atoms with Gasteiger partial charge in [-0.25, -0.2) is 0 Å². The first kappa shape index (κ1) is 11.2. The zero-order valence-electron chi connectivity index (χ0n) is 8.91. The molecule has 0 amide bonds. The number of rotatable bonds is 2. The van der Waals surface area contributed by atoms with Crippen molar-refractivity contribution >= 4 is 29.0 Å². The number of hydrogen-bond acceptors (Lipinski definition) is 3. The van der Waals surface area contributed by atoms with Crippen LogP contribution in [0.1, 0.15) is 12.0 Å². The van der Waals surface area contributed by atoms with Gasteiger partial charge in [-0.05, 0) is 24.1 Å². The van der Waals surface area contributed by atoms with E-state index in [1.807, 2.05) is 18.2 Å². The molecule has 17 heavy (non-hydrogen) atoms. The second-order valence-corrected chi connectivity index (χ2v) is 5.72. The Hall–Kier alpha value is -0.930. The molecular weight excluding hydrogens is 263 g/mol. The summed E-state index contributed by atoms with van der Waals surface area (Å²) in [5.74, 6) is 1.38. The van der Waals surface area contributed by atoms with Crippen LogP contribution in [0.15, 0.2) is 18.2 Å². The summed E-state index contributed by atoms with van der Waals surface area (Å²) < 4.78 is 9.31. The number of hydrogen-bond donors (Lipinski definition) is 0. The minimum absolute atomic E-state index is 0.0151. The van der Waals surface area contributed by atoms with Gasteiger partial charge in [0.2, 0.25) is 6.79 Å². The van der Waals surface area contributed by atoms with Crippen molar-refractivity contribution in [1.29, 1.82) is 0 Å². The van der Waals surface area contributed by atoms with Gasteiger partial charge in [0.25, 0.3) is 0 Å². The molecule has 1 aromatic rings. The second kappa shape index (κ2) is 3.79. The molecule has 0 saturated heterocycles. The number of halogens is 2. The Bertz CT molecular complexity index is 485. The van der Waals surface area contributed by atoms with Crippen LogP contribution < -0.4 is 9.47 Å². The van der Waals surface area contributed by atoms with Crippen LogP contribution in [0.3, 0.4) is 0 Å². The van der Waals surface area contributed by atoms with E-state index in [1.165, 1.54) is 0 Å². The molecule has 3 rings (SSSR count). The molecule has 1 aliphatic carbocycles. The summed E-state index contributed by atoms with van der Waals surface area (Å²) in [6, 6.07) is 5.72. The molecule has 90 valence electrons. The van der Waals surface area contributed by atoms with E-state index in [2.05, 4.69) is 0 Å². The third-order valence-corrected chi connectivity index (χ3v) is 4.27. The van der Waals surface area contributed by atoms with E-state index in [-0.39, 0.29) is 18.5 Å². The van der Waals surface area contributed by atoms with E-state index >= 15 is 0 Å². The molecule has 3 nitrogen and oxygen atoms in total. The average molecular weight is 273 g/mol. The molecular formula is C12H10Cl2O3. The molecule has 1 saturated carbocycles. The van der Waals surface area contributed by atoms with Crippen molar-refractivity contribution in [1.82, 2.24) is 0 Å². The van der Waals surface area contributed by atoms with Gasteiger partial charge in [-0.1, -0.05) is 29.3 Å². The Balaban J connectivity index is 1.76. The predicted molar refractivity (Wildman–Crippen MR) is 63.8 cm³/mol. The SMILES string of the molecule is O=C1CC(Cc2ccc3c(c2)OCO3)C1(Cl)Cl. The Kier molecular flexibility index (Phi) is 2.49. The Morgan fingerprint density at radius 2 is 2.06 bits per heavy atom. The van der Waals surface area contributed by atoms with Crippen LogP contribution >= 0.6 is 23.2 Å². The molecule has 0 spiro atoms.